The van der Waals surface area contributed by atoms with E-state index in [2.05, 4.69) is 61.2 Å². The Morgan fingerprint density at radius 3 is 1.95 bits per heavy atom. The van der Waals surface area contributed by atoms with E-state index in [0.29, 0.717) is 23.2 Å². The molecular formula is C38H27N3O. The molecule has 7 rings (SSSR count). The second kappa shape index (κ2) is 11.1. The molecule has 0 radical (unpaired) electrons. The highest BCUT2D eigenvalue weighted by molar-refractivity contribution is 6.01. The summed E-state index contributed by atoms with van der Waals surface area (Å²) in [5.41, 5.74) is 5.71. The van der Waals surface area contributed by atoms with Crippen molar-refractivity contribution in [1.82, 2.24) is 15.0 Å². The summed E-state index contributed by atoms with van der Waals surface area (Å²) >= 11 is 0. The van der Waals surface area contributed by atoms with Crippen molar-refractivity contribution < 1.29 is 4.42 Å². The summed E-state index contributed by atoms with van der Waals surface area (Å²) in [4.78, 5) is 14.8. The zero-order valence-corrected chi connectivity index (χ0v) is 22.9. The Balaban J connectivity index is 1.35. The van der Waals surface area contributed by atoms with E-state index in [-0.39, 0.29) is 0 Å². The Hall–Kier alpha value is -5.61. The fourth-order valence-corrected chi connectivity index (χ4v) is 5.30. The van der Waals surface area contributed by atoms with Gasteiger partial charge in [0.15, 0.2) is 17.5 Å². The number of hydrogen-bond donors (Lipinski definition) is 0. The molecule has 0 bridgehead atoms. The second-order valence-electron chi connectivity index (χ2n) is 10.1. The van der Waals surface area contributed by atoms with Gasteiger partial charge < -0.3 is 4.42 Å². The lowest BCUT2D eigenvalue weighted by Gasteiger charge is -2.09. The molecule has 0 spiro atoms. The summed E-state index contributed by atoms with van der Waals surface area (Å²) in [6.45, 7) is 4.03. The number of benzene rings is 5. The van der Waals surface area contributed by atoms with E-state index in [1.807, 2.05) is 78.9 Å². The number of allylic oxidation sites excluding steroid dienone is 1. The standard InChI is InChI=1S/C38H27N3O/c1-2-33-31(20-11-13-26-23-24-27-14-9-10-19-30(27)25-26)35-32(21-12-22-34(35)42-33)38-40-36(28-15-5-3-6-16-28)39-37(41-38)29-17-7-4-8-18-29/h2-12,14-25H,1,13H2/b20-11-. The van der Waals surface area contributed by atoms with Gasteiger partial charge in [0.05, 0.1) is 0 Å². The highest BCUT2D eigenvalue weighted by atomic mass is 16.3. The fourth-order valence-electron chi connectivity index (χ4n) is 5.30. The Labute approximate surface area is 244 Å². The van der Waals surface area contributed by atoms with Gasteiger partial charge in [0.2, 0.25) is 0 Å². The quantitative estimate of drug-likeness (QED) is 0.202. The maximum atomic E-state index is 6.26. The molecule has 0 amide bonds. The fraction of sp³-hybridized carbons (Fsp3) is 0.0263. The predicted molar refractivity (Wildman–Crippen MR) is 173 cm³/mol. The van der Waals surface area contributed by atoms with E-state index in [1.54, 1.807) is 6.08 Å². The van der Waals surface area contributed by atoms with Crippen LogP contribution in [-0.4, -0.2) is 15.0 Å². The molecule has 0 saturated carbocycles. The van der Waals surface area contributed by atoms with Gasteiger partial charge in [-0.25, -0.2) is 15.0 Å². The number of fused-ring (bicyclic) bond motifs is 2. The maximum Gasteiger partial charge on any atom is 0.164 e. The number of nitrogens with zero attached hydrogens (tertiary/aromatic N) is 3. The minimum atomic E-state index is 0.592. The van der Waals surface area contributed by atoms with E-state index in [1.165, 1.54) is 16.3 Å². The van der Waals surface area contributed by atoms with Crippen molar-refractivity contribution in [2.75, 3.05) is 0 Å². The van der Waals surface area contributed by atoms with Crippen LogP contribution in [-0.2, 0) is 6.42 Å². The average molecular weight is 542 g/mol. The Morgan fingerprint density at radius 2 is 1.26 bits per heavy atom. The van der Waals surface area contributed by atoms with Gasteiger partial charge in [0.1, 0.15) is 11.3 Å². The van der Waals surface area contributed by atoms with Crippen molar-refractivity contribution >= 4 is 33.9 Å². The zero-order valence-electron chi connectivity index (χ0n) is 22.9. The van der Waals surface area contributed by atoms with Gasteiger partial charge >= 0.3 is 0 Å². The van der Waals surface area contributed by atoms with E-state index in [4.69, 9.17) is 19.4 Å². The molecule has 0 unspecified atom stereocenters. The lowest BCUT2D eigenvalue weighted by atomic mass is 10.0. The molecule has 7 aromatic rings. The third-order valence-corrected chi connectivity index (χ3v) is 7.36. The lowest BCUT2D eigenvalue weighted by Crippen LogP contribution is -2.00. The van der Waals surface area contributed by atoms with Gasteiger partial charge in [0.25, 0.3) is 0 Å². The summed E-state index contributed by atoms with van der Waals surface area (Å²) in [5.74, 6) is 2.55. The molecule has 0 aliphatic heterocycles. The van der Waals surface area contributed by atoms with E-state index in [0.717, 1.165) is 39.6 Å². The monoisotopic (exact) mass is 541 g/mol. The molecule has 0 aliphatic carbocycles. The van der Waals surface area contributed by atoms with Crippen LogP contribution in [0.25, 0.3) is 68.1 Å². The molecule has 4 heteroatoms. The molecular weight excluding hydrogens is 514 g/mol. The molecule has 42 heavy (non-hydrogen) atoms. The highest BCUT2D eigenvalue weighted by Gasteiger charge is 2.19. The summed E-state index contributed by atoms with van der Waals surface area (Å²) in [7, 11) is 0. The SMILES string of the molecule is C=Cc1oc2cccc(-c3nc(-c4ccccc4)nc(-c4ccccc4)n3)c2c1/C=C\Cc1ccc2ccccc2c1. The van der Waals surface area contributed by atoms with Gasteiger partial charge in [-0.15, -0.1) is 0 Å². The van der Waals surface area contributed by atoms with Crippen LogP contribution in [0.1, 0.15) is 16.9 Å². The molecule has 200 valence electrons. The topological polar surface area (TPSA) is 51.8 Å². The third-order valence-electron chi connectivity index (χ3n) is 7.36. The molecule has 0 fully saturated rings. The smallest absolute Gasteiger partial charge is 0.164 e. The molecule has 2 aromatic heterocycles. The van der Waals surface area contributed by atoms with Crippen molar-refractivity contribution in [3.63, 3.8) is 0 Å². The molecule has 4 nitrogen and oxygen atoms in total. The first kappa shape index (κ1) is 25.4. The first-order valence-electron chi connectivity index (χ1n) is 14.0. The minimum Gasteiger partial charge on any atom is -0.456 e. The van der Waals surface area contributed by atoms with Crippen LogP contribution in [0.4, 0.5) is 0 Å². The first-order chi connectivity index (χ1) is 20.8. The van der Waals surface area contributed by atoms with Gasteiger partial charge in [0, 0.05) is 27.6 Å². The number of aromatic nitrogens is 3. The van der Waals surface area contributed by atoms with Crippen molar-refractivity contribution in [3.8, 4) is 34.2 Å². The van der Waals surface area contributed by atoms with Gasteiger partial charge in [-0.1, -0.05) is 134 Å². The normalized spacial score (nSPS) is 11.4. The van der Waals surface area contributed by atoms with Crippen molar-refractivity contribution in [3.05, 3.63) is 151 Å². The van der Waals surface area contributed by atoms with Crippen molar-refractivity contribution in [1.29, 1.82) is 0 Å². The Morgan fingerprint density at radius 1 is 0.619 bits per heavy atom. The molecule has 2 heterocycles. The summed E-state index contributed by atoms with van der Waals surface area (Å²) in [5, 5.41) is 3.43. The molecule has 0 atom stereocenters. The number of furan rings is 1. The molecule has 0 N–H and O–H groups in total. The van der Waals surface area contributed by atoms with Crippen LogP contribution in [0.3, 0.4) is 0 Å². The van der Waals surface area contributed by atoms with E-state index >= 15 is 0 Å². The van der Waals surface area contributed by atoms with E-state index < -0.39 is 0 Å². The third kappa shape index (κ3) is 4.91. The molecule has 0 saturated heterocycles. The van der Waals surface area contributed by atoms with Gasteiger partial charge in [-0.05, 0) is 34.9 Å². The summed E-state index contributed by atoms with van der Waals surface area (Å²) in [6.07, 6.45) is 6.85. The highest BCUT2D eigenvalue weighted by Crippen LogP contribution is 2.36. The van der Waals surface area contributed by atoms with Crippen LogP contribution in [0, 0.1) is 0 Å². The van der Waals surface area contributed by atoms with Crippen molar-refractivity contribution in [2.24, 2.45) is 0 Å². The Bertz CT molecular complexity index is 2020. The summed E-state index contributed by atoms with van der Waals surface area (Å²) in [6, 6.07) is 41.0. The van der Waals surface area contributed by atoms with Crippen LogP contribution < -0.4 is 0 Å². The second-order valence-corrected chi connectivity index (χ2v) is 10.1. The average Bonchev–Trinajstić information content (AvgIpc) is 3.43. The molecule has 0 aliphatic rings. The zero-order chi connectivity index (χ0) is 28.3. The lowest BCUT2D eigenvalue weighted by molar-refractivity contribution is 0.603. The van der Waals surface area contributed by atoms with Crippen LogP contribution in [0.2, 0.25) is 0 Å². The Kier molecular flexibility index (Phi) is 6.71. The maximum absolute atomic E-state index is 6.26. The van der Waals surface area contributed by atoms with Gasteiger partial charge in [-0.2, -0.15) is 0 Å². The first-order valence-corrected chi connectivity index (χ1v) is 14.0. The van der Waals surface area contributed by atoms with Crippen LogP contribution >= 0.6 is 0 Å². The van der Waals surface area contributed by atoms with Crippen LogP contribution in [0.5, 0.6) is 0 Å². The minimum absolute atomic E-state index is 0.592. The van der Waals surface area contributed by atoms with Crippen molar-refractivity contribution in [2.45, 2.75) is 6.42 Å². The van der Waals surface area contributed by atoms with Gasteiger partial charge in [-0.3, -0.25) is 0 Å². The predicted octanol–water partition coefficient (Wildman–Crippen LogP) is 9.67. The number of rotatable bonds is 7. The summed E-state index contributed by atoms with van der Waals surface area (Å²) < 4.78 is 6.26. The van der Waals surface area contributed by atoms with E-state index in [9.17, 15) is 0 Å². The number of hydrogen-bond acceptors (Lipinski definition) is 4. The van der Waals surface area contributed by atoms with Crippen LogP contribution in [0.15, 0.2) is 138 Å². The molecule has 5 aromatic carbocycles. The largest absolute Gasteiger partial charge is 0.456 e.